The molecule has 3 aliphatic heterocycles. The van der Waals surface area contributed by atoms with Crippen LogP contribution in [0, 0.1) is 11.6 Å². The number of carbonyl (C=O) groups excluding carboxylic acids is 2. The average molecular weight is 489 g/mol. The largest absolute Gasteiger partial charge is 0.502 e. The van der Waals surface area contributed by atoms with E-state index in [0.717, 1.165) is 12.1 Å². The number of rotatable bonds is 5. The molecule has 2 saturated heterocycles. The number of amides is 1. The molecule has 3 aliphatic rings. The predicted molar refractivity (Wildman–Crippen MR) is 119 cm³/mol. The van der Waals surface area contributed by atoms with Crippen molar-refractivity contribution in [2.75, 3.05) is 31.3 Å². The number of hydrogen-bond donors (Lipinski definition) is 1. The molecule has 1 spiro atoms. The standard InChI is InChI=1S/C24H25F2N3O6/c1-2-27-19-12-24(34-9-10-35-24)7-8-28(19)29-13-16(21(31)22(32)20(29)23(27)33)18(30)6-4-14-3-5-15(25)11-17(14)26/h3,5,11,13,19,32H,2,4,6-10,12H2,1H3/t19-/m0/s1. The van der Waals surface area contributed by atoms with Crippen molar-refractivity contribution in [3.63, 3.8) is 0 Å². The number of carbonyl (C=O) groups is 2. The van der Waals surface area contributed by atoms with Gasteiger partial charge in [-0.1, -0.05) is 6.07 Å². The predicted octanol–water partition coefficient (Wildman–Crippen LogP) is 1.92. The van der Waals surface area contributed by atoms with Gasteiger partial charge in [0.25, 0.3) is 5.91 Å². The van der Waals surface area contributed by atoms with E-state index in [2.05, 4.69) is 0 Å². The molecular formula is C24H25F2N3O6. The second-order valence-electron chi connectivity index (χ2n) is 8.87. The Kier molecular flexibility index (Phi) is 5.84. The molecule has 0 bridgehead atoms. The van der Waals surface area contributed by atoms with E-state index >= 15 is 0 Å². The summed E-state index contributed by atoms with van der Waals surface area (Å²) in [5, 5.41) is 12.5. The van der Waals surface area contributed by atoms with Crippen molar-refractivity contribution < 1.29 is 33.0 Å². The van der Waals surface area contributed by atoms with Gasteiger partial charge in [0.2, 0.25) is 5.43 Å². The average Bonchev–Trinajstić information content (AvgIpc) is 3.28. The van der Waals surface area contributed by atoms with Crippen LogP contribution in [0.2, 0.25) is 0 Å². The van der Waals surface area contributed by atoms with E-state index in [1.54, 1.807) is 11.8 Å². The zero-order chi connectivity index (χ0) is 24.9. The van der Waals surface area contributed by atoms with Crippen LogP contribution in [0.25, 0.3) is 0 Å². The first kappa shape index (κ1) is 23.4. The number of Topliss-reactive ketones (excluding diaryl/α,β-unsaturated/α-hetero) is 1. The third-order valence-electron chi connectivity index (χ3n) is 6.92. The Balaban J connectivity index is 1.48. The minimum absolute atomic E-state index is 0.0566. The van der Waals surface area contributed by atoms with Gasteiger partial charge in [-0.25, -0.2) is 8.78 Å². The van der Waals surface area contributed by atoms with Gasteiger partial charge in [0, 0.05) is 44.6 Å². The van der Waals surface area contributed by atoms with Crippen LogP contribution in [-0.4, -0.2) is 64.6 Å². The number of ether oxygens (including phenoxy) is 2. The number of aromatic nitrogens is 1. The number of pyridine rings is 1. The zero-order valence-electron chi connectivity index (χ0n) is 19.1. The van der Waals surface area contributed by atoms with Crippen LogP contribution in [0.15, 0.2) is 29.2 Å². The lowest BCUT2D eigenvalue weighted by molar-refractivity contribution is -0.186. The summed E-state index contributed by atoms with van der Waals surface area (Å²) in [6, 6.07) is 3.06. The highest BCUT2D eigenvalue weighted by Crippen LogP contribution is 2.38. The molecule has 2 fully saturated rings. The molecule has 4 heterocycles. The monoisotopic (exact) mass is 489 g/mol. The number of ketones is 1. The minimum atomic E-state index is -0.959. The quantitative estimate of drug-likeness (QED) is 0.641. The van der Waals surface area contributed by atoms with E-state index in [9.17, 15) is 28.3 Å². The van der Waals surface area contributed by atoms with Gasteiger partial charge in [0.05, 0.1) is 18.8 Å². The molecule has 9 nitrogen and oxygen atoms in total. The van der Waals surface area contributed by atoms with E-state index in [0.29, 0.717) is 39.1 Å². The van der Waals surface area contributed by atoms with Crippen LogP contribution < -0.4 is 10.4 Å². The highest BCUT2D eigenvalue weighted by atomic mass is 19.1. The summed E-state index contributed by atoms with van der Waals surface area (Å²) in [7, 11) is 0. The first-order valence-corrected chi connectivity index (χ1v) is 11.6. The number of halogens is 2. The van der Waals surface area contributed by atoms with E-state index in [1.165, 1.54) is 16.9 Å². The number of nitrogens with zero attached hydrogens (tertiary/aromatic N) is 3. The van der Waals surface area contributed by atoms with Crippen LogP contribution >= 0.6 is 0 Å². The van der Waals surface area contributed by atoms with Crippen molar-refractivity contribution in [2.45, 2.75) is 44.6 Å². The third-order valence-corrected chi connectivity index (χ3v) is 6.92. The van der Waals surface area contributed by atoms with E-state index in [-0.39, 0.29) is 29.7 Å². The maximum atomic E-state index is 14.0. The Labute approximate surface area is 199 Å². The van der Waals surface area contributed by atoms with Gasteiger partial charge >= 0.3 is 0 Å². The maximum Gasteiger partial charge on any atom is 0.278 e. The molecule has 5 rings (SSSR count). The number of hydrogen-bond acceptors (Lipinski definition) is 7. The highest BCUT2D eigenvalue weighted by molar-refractivity contribution is 6.00. The Bertz CT molecular complexity index is 1260. The third kappa shape index (κ3) is 3.88. The molecule has 11 heteroatoms. The normalized spacial score (nSPS) is 20.8. The van der Waals surface area contributed by atoms with Gasteiger partial charge < -0.3 is 19.5 Å². The Morgan fingerprint density at radius 2 is 1.97 bits per heavy atom. The summed E-state index contributed by atoms with van der Waals surface area (Å²) in [6.07, 6.45) is 1.37. The SMILES string of the molecule is CCN1C(=O)c2c(O)c(=O)c(C(=O)CCc3ccc(F)cc3F)cn2N2CCC3(C[C@@H]12)OCCO3. The van der Waals surface area contributed by atoms with Crippen molar-refractivity contribution in [1.82, 2.24) is 9.58 Å². The fourth-order valence-electron chi connectivity index (χ4n) is 5.12. The van der Waals surface area contributed by atoms with Gasteiger partial charge in [0.15, 0.2) is 23.0 Å². The molecule has 35 heavy (non-hydrogen) atoms. The number of aromatic hydroxyl groups is 1. The topological polar surface area (TPSA) is 101 Å². The maximum absolute atomic E-state index is 14.0. The van der Waals surface area contributed by atoms with Crippen LogP contribution in [0.3, 0.4) is 0 Å². The first-order valence-electron chi connectivity index (χ1n) is 11.6. The number of piperidine rings is 1. The molecule has 0 unspecified atom stereocenters. The molecule has 1 N–H and O–H groups in total. The second-order valence-corrected chi connectivity index (χ2v) is 8.87. The lowest BCUT2D eigenvalue weighted by Crippen LogP contribution is -2.67. The molecule has 1 amide bonds. The van der Waals surface area contributed by atoms with Gasteiger partial charge in [0.1, 0.15) is 17.8 Å². The molecule has 2 aromatic rings. The molecule has 1 aromatic heterocycles. The van der Waals surface area contributed by atoms with E-state index in [4.69, 9.17) is 9.47 Å². The van der Waals surface area contributed by atoms with Crippen molar-refractivity contribution in [3.05, 3.63) is 63.1 Å². The fraction of sp³-hybridized carbons (Fsp3) is 0.458. The Morgan fingerprint density at radius 3 is 2.66 bits per heavy atom. The molecular weight excluding hydrogens is 464 g/mol. The first-order chi connectivity index (χ1) is 16.7. The second kappa shape index (κ2) is 8.72. The lowest BCUT2D eigenvalue weighted by Gasteiger charge is -2.52. The van der Waals surface area contributed by atoms with Crippen LogP contribution in [0.1, 0.15) is 52.6 Å². The summed E-state index contributed by atoms with van der Waals surface area (Å²) >= 11 is 0. The van der Waals surface area contributed by atoms with Crippen molar-refractivity contribution in [1.29, 1.82) is 0 Å². The molecule has 0 radical (unpaired) electrons. The Hall–Kier alpha value is -3.31. The smallest absolute Gasteiger partial charge is 0.278 e. The number of aryl methyl sites for hydroxylation is 1. The summed E-state index contributed by atoms with van der Waals surface area (Å²) < 4.78 is 40.2. The number of benzene rings is 1. The molecule has 0 aliphatic carbocycles. The summed E-state index contributed by atoms with van der Waals surface area (Å²) in [4.78, 5) is 40.6. The van der Waals surface area contributed by atoms with Crippen molar-refractivity contribution >= 4 is 11.7 Å². The van der Waals surface area contributed by atoms with Crippen LogP contribution in [0.4, 0.5) is 8.78 Å². The zero-order valence-corrected chi connectivity index (χ0v) is 19.1. The highest BCUT2D eigenvalue weighted by Gasteiger charge is 2.50. The summed E-state index contributed by atoms with van der Waals surface area (Å²) in [6.45, 7) is 3.44. The van der Waals surface area contributed by atoms with Crippen LogP contribution in [-0.2, 0) is 15.9 Å². The van der Waals surface area contributed by atoms with Gasteiger partial charge in [-0.2, -0.15) is 0 Å². The number of fused-ring (bicyclic) bond motifs is 3. The van der Waals surface area contributed by atoms with Crippen molar-refractivity contribution in [3.8, 4) is 5.75 Å². The molecule has 186 valence electrons. The van der Waals surface area contributed by atoms with E-state index < -0.39 is 46.5 Å². The lowest BCUT2D eigenvalue weighted by atomic mass is 9.98. The summed E-state index contributed by atoms with van der Waals surface area (Å²) in [5.41, 5.74) is -1.34. The van der Waals surface area contributed by atoms with Gasteiger partial charge in [-0.3, -0.25) is 24.1 Å². The fourth-order valence-corrected chi connectivity index (χ4v) is 5.12. The molecule has 1 aromatic carbocycles. The van der Waals surface area contributed by atoms with Crippen molar-refractivity contribution in [2.24, 2.45) is 0 Å². The minimum Gasteiger partial charge on any atom is -0.502 e. The van der Waals surface area contributed by atoms with Gasteiger partial charge in [-0.15, -0.1) is 0 Å². The molecule has 1 atom stereocenters. The molecule has 0 saturated carbocycles. The van der Waals surface area contributed by atoms with E-state index in [1.807, 2.05) is 5.01 Å². The summed E-state index contributed by atoms with van der Waals surface area (Å²) in [5.74, 6) is -4.28. The Morgan fingerprint density at radius 1 is 1.23 bits per heavy atom. The van der Waals surface area contributed by atoms with Gasteiger partial charge in [-0.05, 0) is 25.0 Å². The van der Waals surface area contributed by atoms with Crippen LogP contribution in [0.5, 0.6) is 5.75 Å².